The molecule has 1 aliphatic heterocycles. The molecule has 15 heavy (non-hydrogen) atoms. The van der Waals surface area contributed by atoms with Crippen LogP contribution in [0.3, 0.4) is 0 Å². The normalized spacial score (nSPS) is 19.4. The van der Waals surface area contributed by atoms with Gasteiger partial charge in [-0.1, -0.05) is 12.7 Å². The van der Waals surface area contributed by atoms with Crippen molar-refractivity contribution in [3.63, 3.8) is 0 Å². The van der Waals surface area contributed by atoms with Crippen molar-refractivity contribution in [2.45, 2.75) is 19.8 Å². The molecule has 82 valence electrons. The van der Waals surface area contributed by atoms with E-state index in [1.807, 2.05) is 6.92 Å². The fourth-order valence-corrected chi connectivity index (χ4v) is 1.67. The fraction of sp³-hybridized carbons (Fsp3) is 0.500. The average molecular weight is 206 g/mol. The van der Waals surface area contributed by atoms with E-state index in [1.54, 1.807) is 18.4 Å². The topological polar surface area (TPSA) is 41.5 Å². The minimum atomic E-state index is 0.119. The largest absolute Gasteiger partial charge is 0.317 e. The van der Waals surface area contributed by atoms with Crippen molar-refractivity contribution < 1.29 is 4.79 Å². The highest BCUT2D eigenvalue weighted by Gasteiger charge is 2.23. The first-order valence-corrected chi connectivity index (χ1v) is 5.36. The van der Waals surface area contributed by atoms with Crippen LogP contribution in [0.5, 0.6) is 0 Å². The number of Topliss-reactive ketones (excluding diaryl/α,β-unsaturated/α-hetero) is 1. The van der Waals surface area contributed by atoms with Crippen LogP contribution in [0.2, 0.25) is 0 Å². The van der Waals surface area contributed by atoms with E-state index < -0.39 is 0 Å². The molecular weight excluding hydrogens is 188 g/mol. The molecule has 3 heteroatoms. The van der Waals surface area contributed by atoms with Gasteiger partial charge in [-0.25, -0.2) is 0 Å². The van der Waals surface area contributed by atoms with Gasteiger partial charge in [0.2, 0.25) is 0 Å². The Labute approximate surface area is 91.0 Å². The standard InChI is InChI=1S/C12H18N2O/c1-3-7-14-11(4-2)12(15)10-5-8-13-9-6-10/h3-4,7,10,13H,2,5-6,8-9H2,1H3/b7-3-,14-11?. The molecule has 0 aromatic heterocycles. The van der Waals surface area contributed by atoms with Gasteiger partial charge >= 0.3 is 0 Å². The molecule has 1 heterocycles. The fourth-order valence-electron chi connectivity index (χ4n) is 1.67. The van der Waals surface area contributed by atoms with E-state index in [0.717, 1.165) is 25.9 Å². The van der Waals surface area contributed by atoms with Crippen molar-refractivity contribution in [1.82, 2.24) is 5.32 Å². The van der Waals surface area contributed by atoms with Crippen LogP contribution < -0.4 is 5.32 Å². The van der Waals surface area contributed by atoms with Crippen molar-refractivity contribution in [1.29, 1.82) is 0 Å². The molecule has 0 aliphatic carbocycles. The maximum Gasteiger partial charge on any atom is 0.184 e. The number of nitrogens with zero attached hydrogens (tertiary/aromatic N) is 1. The Kier molecular flexibility index (Phi) is 4.98. The van der Waals surface area contributed by atoms with Gasteiger partial charge in [0.25, 0.3) is 0 Å². The summed E-state index contributed by atoms with van der Waals surface area (Å²) >= 11 is 0. The number of nitrogens with one attached hydrogen (secondary N) is 1. The molecule has 0 saturated carbocycles. The first-order chi connectivity index (χ1) is 7.29. The van der Waals surface area contributed by atoms with Crippen LogP contribution in [0.15, 0.2) is 29.9 Å². The van der Waals surface area contributed by atoms with Crippen LogP contribution in [0.25, 0.3) is 0 Å². The Morgan fingerprint density at radius 3 is 2.67 bits per heavy atom. The zero-order chi connectivity index (χ0) is 11.1. The number of aliphatic imine (C=N–C) groups is 1. The summed E-state index contributed by atoms with van der Waals surface area (Å²) in [6.45, 7) is 7.35. The Morgan fingerprint density at radius 2 is 2.13 bits per heavy atom. The average Bonchev–Trinajstić information content (AvgIpc) is 2.31. The highest BCUT2D eigenvalue weighted by molar-refractivity contribution is 6.44. The first kappa shape index (κ1) is 11.9. The minimum Gasteiger partial charge on any atom is -0.317 e. The lowest BCUT2D eigenvalue weighted by Crippen LogP contribution is -2.34. The van der Waals surface area contributed by atoms with Crippen LogP contribution in [0.4, 0.5) is 0 Å². The lowest BCUT2D eigenvalue weighted by Gasteiger charge is -2.21. The highest BCUT2D eigenvalue weighted by Crippen LogP contribution is 2.14. The summed E-state index contributed by atoms with van der Waals surface area (Å²) in [5, 5.41) is 3.24. The molecule has 1 saturated heterocycles. The van der Waals surface area contributed by atoms with Gasteiger partial charge < -0.3 is 5.32 Å². The second-order valence-corrected chi connectivity index (χ2v) is 3.59. The summed E-state index contributed by atoms with van der Waals surface area (Å²) in [7, 11) is 0. The van der Waals surface area contributed by atoms with Crippen LogP contribution in [0, 0.1) is 5.92 Å². The van der Waals surface area contributed by atoms with Gasteiger partial charge in [-0.2, -0.15) is 0 Å². The third-order valence-corrected chi connectivity index (χ3v) is 2.52. The van der Waals surface area contributed by atoms with E-state index in [9.17, 15) is 4.79 Å². The number of allylic oxidation sites excluding steroid dienone is 2. The summed E-state index contributed by atoms with van der Waals surface area (Å²) < 4.78 is 0. The molecule has 1 aliphatic rings. The van der Waals surface area contributed by atoms with E-state index >= 15 is 0 Å². The predicted octanol–water partition coefficient (Wildman–Crippen LogP) is 1.72. The monoisotopic (exact) mass is 206 g/mol. The molecular formula is C12H18N2O. The highest BCUT2D eigenvalue weighted by atomic mass is 16.1. The molecule has 0 aromatic rings. The molecule has 0 amide bonds. The van der Waals surface area contributed by atoms with Crippen LogP contribution in [0.1, 0.15) is 19.8 Å². The third-order valence-electron chi connectivity index (χ3n) is 2.52. The van der Waals surface area contributed by atoms with Crippen molar-refractivity contribution in [2.75, 3.05) is 13.1 Å². The van der Waals surface area contributed by atoms with E-state index in [4.69, 9.17) is 0 Å². The smallest absolute Gasteiger partial charge is 0.184 e. The summed E-state index contributed by atoms with van der Waals surface area (Å²) in [6, 6.07) is 0. The van der Waals surface area contributed by atoms with E-state index in [2.05, 4.69) is 16.9 Å². The molecule has 3 nitrogen and oxygen atoms in total. The number of piperidine rings is 1. The number of hydrogen-bond acceptors (Lipinski definition) is 3. The number of ketones is 1. The van der Waals surface area contributed by atoms with Crippen LogP contribution in [-0.4, -0.2) is 24.6 Å². The lowest BCUT2D eigenvalue weighted by atomic mass is 9.91. The summed E-state index contributed by atoms with van der Waals surface area (Å²) in [6.07, 6.45) is 6.79. The van der Waals surface area contributed by atoms with Gasteiger partial charge in [0.15, 0.2) is 5.78 Å². The van der Waals surface area contributed by atoms with Gasteiger partial charge in [-0.3, -0.25) is 9.79 Å². The molecule has 0 aromatic carbocycles. The molecule has 0 atom stereocenters. The van der Waals surface area contributed by atoms with Crippen molar-refractivity contribution >= 4 is 11.5 Å². The Morgan fingerprint density at radius 1 is 1.47 bits per heavy atom. The maximum atomic E-state index is 12.0. The van der Waals surface area contributed by atoms with Gasteiger partial charge in [-0.15, -0.1) is 0 Å². The number of carbonyl (C=O) groups excluding carboxylic acids is 1. The maximum absolute atomic E-state index is 12.0. The quantitative estimate of drug-likeness (QED) is 0.711. The minimum absolute atomic E-state index is 0.119. The van der Waals surface area contributed by atoms with E-state index in [1.165, 1.54) is 0 Å². The predicted molar refractivity (Wildman–Crippen MR) is 63.0 cm³/mol. The molecule has 1 rings (SSSR count). The van der Waals surface area contributed by atoms with Gasteiger partial charge in [0, 0.05) is 12.1 Å². The Bertz CT molecular complexity index is 286. The summed E-state index contributed by atoms with van der Waals surface area (Å²) in [5.74, 6) is 0.248. The Balaban J connectivity index is 2.67. The second kappa shape index (κ2) is 6.30. The van der Waals surface area contributed by atoms with Crippen LogP contribution in [-0.2, 0) is 4.79 Å². The lowest BCUT2D eigenvalue weighted by molar-refractivity contribution is -0.117. The zero-order valence-electron chi connectivity index (χ0n) is 9.20. The number of rotatable bonds is 4. The first-order valence-electron chi connectivity index (χ1n) is 5.36. The SMILES string of the molecule is C=CC(=N/C=C\C)C(=O)C1CCNCC1. The second-order valence-electron chi connectivity index (χ2n) is 3.59. The number of hydrogen-bond donors (Lipinski definition) is 1. The molecule has 0 unspecified atom stereocenters. The molecule has 1 N–H and O–H groups in total. The molecule has 0 bridgehead atoms. The van der Waals surface area contributed by atoms with Gasteiger partial charge in [0.1, 0.15) is 5.71 Å². The van der Waals surface area contributed by atoms with E-state index in [0.29, 0.717) is 5.71 Å². The number of carbonyl (C=O) groups is 1. The molecule has 0 spiro atoms. The van der Waals surface area contributed by atoms with Gasteiger partial charge in [0.05, 0.1) is 0 Å². The van der Waals surface area contributed by atoms with Crippen molar-refractivity contribution in [3.05, 3.63) is 24.9 Å². The van der Waals surface area contributed by atoms with Crippen molar-refractivity contribution in [3.8, 4) is 0 Å². The zero-order valence-corrected chi connectivity index (χ0v) is 9.20. The molecule has 1 fully saturated rings. The van der Waals surface area contributed by atoms with Gasteiger partial charge in [-0.05, 0) is 38.9 Å². The summed E-state index contributed by atoms with van der Waals surface area (Å²) in [4.78, 5) is 16.1. The molecule has 0 radical (unpaired) electrons. The Hall–Kier alpha value is -1.22. The van der Waals surface area contributed by atoms with Crippen LogP contribution >= 0.6 is 0 Å². The summed E-state index contributed by atoms with van der Waals surface area (Å²) in [5.41, 5.74) is 0.486. The third kappa shape index (κ3) is 3.44. The van der Waals surface area contributed by atoms with Crippen molar-refractivity contribution in [2.24, 2.45) is 10.9 Å². The van der Waals surface area contributed by atoms with E-state index in [-0.39, 0.29) is 11.7 Å².